The highest BCUT2D eigenvalue weighted by Crippen LogP contribution is 2.33. The third-order valence-corrected chi connectivity index (χ3v) is 6.52. The molecule has 8 nitrogen and oxygen atoms in total. The highest BCUT2D eigenvalue weighted by Gasteiger charge is 2.17. The van der Waals surface area contributed by atoms with Gasteiger partial charge in [0.15, 0.2) is 0 Å². The zero-order valence-corrected chi connectivity index (χ0v) is 19.0. The summed E-state index contributed by atoms with van der Waals surface area (Å²) in [5, 5.41) is 16.3. The quantitative estimate of drug-likeness (QED) is 0.318. The number of benzene rings is 3. The number of aromatic nitrogens is 5. The van der Waals surface area contributed by atoms with Gasteiger partial charge in [-0.3, -0.25) is 0 Å². The molecule has 0 N–H and O–H groups in total. The molecule has 5 aromatic rings. The molecular formula is C27H23N5O3. The van der Waals surface area contributed by atoms with Gasteiger partial charge in [-0.1, -0.05) is 48.4 Å². The second-order valence-corrected chi connectivity index (χ2v) is 8.78. The molecule has 2 heterocycles. The number of carbonyl (C=O) groups excluding carboxylic acids is 1. The van der Waals surface area contributed by atoms with Crippen molar-refractivity contribution < 1.29 is 14.0 Å². The predicted molar refractivity (Wildman–Crippen MR) is 129 cm³/mol. The Labute approximate surface area is 201 Å². The van der Waals surface area contributed by atoms with Crippen molar-refractivity contribution in [3.8, 4) is 22.9 Å². The van der Waals surface area contributed by atoms with Crippen LogP contribution in [-0.2, 0) is 0 Å². The van der Waals surface area contributed by atoms with E-state index in [0.717, 1.165) is 10.4 Å². The van der Waals surface area contributed by atoms with Crippen LogP contribution in [0.5, 0.6) is 0 Å². The third kappa shape index (κ3) is 4.30. The zero-order chi connectivity index (χ0) is 23.6. The molecule has 6 rings (SSSR count). The largest absolute Gasteiger partial charge is 0.416 e. The number of hydrogen-bond donors (Lipinski definition) is 0. The Balaban J connectivity index is 1.15. The Morgan fingerprint density at radius 1 is 0.800 bits per heavy atom. The summed E-state index contributed by atoms with van der Waals surface area (Å²) < 4.78 is 5.91. The highest BCUT2D eigenvalue weighted by atomic mass is 16.7. The van der Waals surface area contributed by atoms with E-state index >= 15 is 0 Å². The minimum Gasteiger partial charge on any atom is -0.416 e. The smallest absolute Gasteiger partial charge is 0.365 e. The van der Waals surface area contributed by atoms with Crippen LogP contribution in [0.3, 0.4) is 0 Å². The van der Waals surface area contributed by atoms with E-state index in [9.17, 15) is 4.79 Å². The normalized spacial score (nSPS) is 14.3. The molecule has 1 fully saturated rings. The number of hydrogen-bond acceptors (Lipinski definition) is 7. The Kier molecular flexibility index (Phi) is 5.54. The van der Waals surface area contributed by atoms with Crippen LogP contribution in [0.4, 0.5) is 0 Å². The molecule has 1 saturated carbocycles. The first-order valence-electron chi connectivity index (χ1n) is 11.8. The molecule has 174 valence electrons. The number of para-hydroxylation sites is 1. The summed E-state index contributed by atoms with van der Waals surface area (Å²) >= 11 is 0. The molecule has 0 atom stereocenters. The van der Waals surface area contributed by atoms with Crippen LogP contribution in [0.2, 0.25) is 0 Å². The molecule has 0 unspecified atom stereocenters. The Hall–Kier alpha value is -4.33. The average molecular weight is 466 g/mol. The van der Waals surface area contributed by atoms with E-state index in [2.05, 4.69) is 32.6 Å². The van der Waals surface area contributed by atoms with Gasteiger partial charge >= 0.3 is 5.97 Å². The van der Waals surface area contributed by atoms with E-state index < -0.39 is 5.97 Å². The maximum atomic E-state index is 12.6. The Morgan fingerprint density at radius 3 is 2.17 bits per heavy atom. The van der Waals surface area contributed by atoms with Gasteiger partial charge in [0.25, 0.3) is 0 Å². The summed E-state index contributed by atoms with van der Waals surface area (Å²) in [6.45, 7) is 0. The monoisotopic (exact) mass is 465 g/mol. The van der Waals surface area contributed by atoms with Crippen LogP contribution in [0.25, 0.3) is 33.9 Å². The number of nitrogens with zero attached hydrogens (tertiary/aromatic N) is 5. The molecule has 1 aliphatic carbocycles. The summed E-state index contributed by atoms with van der Waals surface area (Å²) in [7, 11) is 0. The molecule has 3 aromatic carbocycles. The first-order chi connectivity index (χ1) is 17.2. The van der Waals surface area contributed by atoms with Crippen molar-refractivity contribution in [2.75, 3.05) is 0 Å². The third-order valence-electron chi connectivity index (χ3n) is 6.52. The molecule has 1 aliphatic rings. The van der Waals surface area contributed by atoms with Crippen LogP contribution < -0.4 is 4.84 Å². The lowest BCUT2D eigenvalue weighted by Crippen LogP contribution is -2.20. The number of fused-ring (bicyclic) bond motifs is 1. The van der Waals surface area contributed by atoms with Crippen molar-refractivity contribution in [3.05, 3.63) is 83.9 Å². The van der Waals surface area contributed by atoms with E-state index in [0.29, 0.717) is 39.9 Å². The Bertz CT molecular complexity index is 1470. The van der Waals surface area contributed by atoms with E-state index in [1.54, 1.807) is 36.4 Å². The maximum Gasteiger partial charge on any atom is 0.365 e. The van der Waals surface area contributed by atoms with Gasteiger partial charge in [-0.05, 0) is 78.1 Å². The summed E-state index contributed by atoms with van der Waals surface area (Å²) in [5.41, 5.74) is 4.61. The van der Waals surface area contributed by atoms with Gasteiger partial charge in [0, 0.05) is 11.1 Å². The van der Waals surface area contributed by atoms with Gasteiger partial charge < -0.3 is 9.25 Å². The first-order valence-corrected chi connectivity index (χ1v) is 11.8. The molecular weight excluding hydrogens is 442 g/mol. The fourth-order valence-corrected chi connectivity index (χ4v) is 4.59. The second-order valence-electron chi connectivity index (χ2n) is 8.78. The predicted octanol–water partition coefficient (Wildman–Crippen LogP) is 5.47. The van der Waals surface area contributed by atoms with Gasteiger partial charge in [-0.15, -0.1) is 15.3 Å². The average Bonchev–Trinajstić information content (AvgIpc) is 3.58. The molecule has 0 bridgehead atoms. The minimum atomic E-state index is -0.545. The van der Waals surface area contributed by atoms with Crippen molar-refractivity contribution >= 4 is 17.0 Å². The van der Waals surface area contributed by atoms with E-state index in [-0.39, 0.29) is 0 Å². The molecule has 0 spiro atoms. The van der Waals surface area contributed by atoms with Crippen molar-refractivity contribution in [3.63, 3.8) is 0 Å². The molecule has 2 aromatic heterocycles. The molecule has 0 radical (unpaired) electrons. The first kappa shape index (κ1) is 21.2. The molecule has 8 heteroatoms. The summed E-state index contributed by atoms with van der Waals surface area (Å²) in [6.07, 6.45) is 6.51. The van der Waals surface area contributed by atoms with Crippen molar-refractivity contribution in [2.45, 2.75) is 38.0 Å². The van der Waals surface area contributed by atoms with Crippen molar-refractivity contribution in [1.82, 2.24) is 25.4 Å². The minimum absolute atomic E-state index is 0.367. The van der Waals surface area contributed by atoms with Crippen molar-refractivity contribution in [1.29, 1.82) is 0 Å². The fraction of sp³-hybridized carbons (Fsp3) is 0.222. The standard InChI is InChI=1S/C27H23N5O3/c33-27(35-32-24-9-5-4-8-23(24)28-31-32)22-16-14-21(15-17-22)26-30-29-25(34-26)20-12-10-19(11-13-20)18-6-2-1-3-7-18/h4-5,8-18H,1-3,6-7H2. The summed E-state index contributed by atoms with van der Waals surface area (Å²) in [4.78, 5) is 19.1. The van der Waals surface area contributed by atoms with E-state index in [4.69, 9.17) is 9.25 Å². The van der Waals surface area contributed by atoms with Gasteiger partial charge in [-0.25, -0.2) is 4.79 Å². The lowest BCUT2D eigenvalue weighted by Gasteiger charge is -2.21. The van der Waals surface area contributed by atoms with E-state index in [1.165, 1.54) is 37.7 Å². The lowest BCUT2D eigenvalue weighted by atomic mass is 9.84. The SMILES string of the molecule is O=C(On1nnc2ccccc21)c1ccc(-c2nnc(-c3ccc(C4CCCCC4)cc3)o2)cc1. The van der Waals surface area contributed by atoms with Gasteiger partial charge in [0.05, 0.1) is 5.56 Å². The van der Waals surface area contributed by atoms with Crippen LogP contribution in [0, 0.1) is 0 Å². The summed E-state index contributed by atoms with van der Waals surface area (Å²) in [5.74, 6) is 0.969. The van der Waals surface area contributed by atoms with Gasteiger partial charge in [-0.2, -0.15) is 0 Å². The van der Waals surface area contributed by atoms with Crippen LogP contribution in [0.15, 0.2) is 77.2 Å². The Morgan fingerprint density at radius 2 is 1.46 bits per heavy atom. The molecule has 0 saturated heterocycles. The van der Waals surface area contributed by atoms with Crippen LogP contribution >= 0.6 is 0 Å². The van der Waals surface area contributed by atoms with Crippen LogP contribution in [-0.4, -0.2) is 31.3 Å². The maximum absolute atomic E-state index is 12.6. The molecule has 0 amide bonds. The number of rotatable bonds is 5. The fourth-order valence-electron chi connectivity index (χ4n) is 4.59. The van der Waals surface area contributed by atoms with E-state index in [1.807, 2.05) is 24.3 Å². The van der Waals surface area contributed by atoms with Crippen molar-refractivity contribution in [2.24, 2.45) is 0 Å². The summed E-state index contributed by atoms with van der Waals surface area (Å²) in [6, 6.07) is 22.5. The number of carbonyl (C=O) groups is 1. The van der Waals surface area contributed by atoms with Gasteiger partial charge in [0.1, 0.15) is 11.0 Å². The topological polar surface area (TPSA) is 95.9 Å². The van der Waals surface area contributed by atoms with Gasteiger partial charge in [0.2, 0.25) is 11.8 Å². The van der Waals surface area contributed by atoms with Crippen LogP contribution in [0.1, 0.15) is 53.9 Å². The lowest BCUT2D eigenvalue weighted by molar-refractivity contribution is 0.0409. The zero-order valence-electron chi connectivity index (χ0n) is 19.0. The molecule has 35 heavy (non-hydrogen) atoms. The highest BCUT2D eigenvalue weighted by molar-refractivity contribution is 5.90. The molecule has 0 aliphatic heterocycles. The second kappa shape index (κ2) is 9.13.